The molecule has 6 nitrogen and oxygen atoms in total. The van der Waals surface area contributed by atoms with Crippen LogP contribution in [0.1, 0.15) is 31.2 Å². The van der Waals surface area contributed by atoms with Crippen molar-refractivity contribution in [3.8, 4) is 0 Å². The van der Waals surface area contributed by atoms with Gasteiger partial charge in [-0.25, -0.2) is 8.42 Å². The lowest BCUT2D eigenvalue weighted by molar-refractivity contribution is -0.140. The molecule has 3 aliphatic rings. The maximum absolute atomic E-state index is 13.0. The number of carbonyl (C=O) groups is 1. The number of nitrogens with zero attached hydrogens (tertiary/aromatic N) is 2. The Labute approximate surface area is 155 Å². The number of sulfonamides is 1. The van der Waals surface area contributed by atoms with Crippen LogP contribution < -0.4 is 0 Å². The Kier molecular flexibility index (Phi) is 5.03. The van der Waals surface area contributed by atoms with E-state index in [1.165, 1.54) is 0 Å². The lowest BCUT2D eigenvalue weighted by Gasteiger charge is -2.24. The second-order valence-corrected chi connectivity index (χ2v) is 9.68. The van der Waals surface area contributed by atoms with Crippen molar-refractivity contribution >= 4 is 15.9 Å². The van der Waals surface area contributed by atoms with Gasteiger partial charge in [-0.1, -0.05) is 30.3 Å². The Morgan fingerprint density at radius 1 is 1.12 bits per heavy atom. The van der Waals surface area contributed by atoms with Gasteiger partial charge >= 0.3 is 0 Å². The Bertz CT molecular complexity index is 746. The number of carbonyl (C=O) groups excluding carboxylic acids is 1. The average molecular weight is 378 g/mol. The van der Waals surface area contributed by atoms with Gasteiger partial charge in [0.05, 0.1) is 5.25 Å². The van der Waals surface area contributed by atoms with E-state index < -0.39 is 10.0 Å². The number of amides is 1. The second kappa shape index (κ2) is 7.29. The highest BCUT2D eigenvalue weighted by atomic mass is 32.2. The molecule has 0 unspecified atom stereocenters. The third kappa shape index (κ3) is 3.40. The van der Waals surface area contributed by atoms with Gasteiger partial charge < -0.3 is 9.64 Å². The van der Waals surface area contributed by atoms with Crippen molar-refractivity contribution in [1.29, 1.82) is 0 Å². The predicted octanol–water partition coefficient (Wildman–Crippen LogP) is 1.62. The minimum atomic E-state index is -3.31. The number of benzene rings is 1. The summed E-state index contributed by atoms with van der Waals surface area (Å²) in [4.78, 5) is 14.4. The zero-order chi connectivity index (χ0) is 18.1. The maximum atomic E-state index is 13.0. The lowest BCUT2D eigenvalue weighted by Crippen LogP contribution is -2.40. The molecule has 4 rings (SSSR count). The van der Waals surface area contributed by atoms with Crippen molar-refractivity contribution in [2.75, 3.05) is 26.2 Å². The molecule has 1 amide bonds. The van der Waals surface area contributed by atoms with Gasteiger partial charge in [0.15, 0.2) is 0 Å². The fourth-order valence-corrected chi connectivity index (χ4v) is 6.66. The third-order valence-corrected chi connectivity index (χ3v) is 8.26. The zero-order valence-corrected chi connectivity index (χ0v) is 15.7. The van der Waals surface area contributed by atoms with E-state index in [4.69, 9.17) is 4.74 Å². The minimum absolute atomic E-state index is 0.0426. The summed E-state index contributed by atoms with van der Waals surface area (Å²) < 4.78 is 33.2. The fourth-order valence-electron chi connectivity index (χ4n) is 4.43. The van der Waals surface area contributed by atoms with Gasteiger partial charge in [-0.15, -0.1) is 0 Å². The number of hydrogen-bond donors (Lipinski definition) is 0. The number of ether oxygens (including phenoxy) is 1. The van der Waals surface area contributed by atoms with Crippen molar-refractivity contribution in [3.05, 3.63) is 35.9 Å². The quantitative estimate of drug-likeness (QED) is 0.802. The molecule has 0 saturated carbocycles. The molecule has 0 spiro atoms. The van der Waals surface area contributed by atoms with Crippen LogP contribution in [-0.4, -0.2) is 61.1 Å². The third-order valence-electron chi connectivity index (χ3n) is 5.88. The first-order chi connectivity index (χ1) is 12.6. The van der Waals surface area contributed by atoms with E-state index in [-0.39, 0.29) is 23.2 Å². The van der Waals surface area contributed by atoms with Crippen LogP contribution in [0.25, 0.3) is 0 Å². The number of rotatable bonds is 3. The molecule has 3 fully saturated rings. The standard InChI is InChI=1S/C19H26N2O4S/c22-19(17-7-4-12-25-17)20-10-8-16-14-21(13-15-5-2-1-3-6-15)26(23,24)18(16)9-11-20/h1-3,5-6,16-18H,4,7-14H2/t16-,17+,18-/m1/s1. The van der Waals surface area contributed by atoms with Gasteiger partial charge in [0, 0.05) is 32.8 Å². The summed E-state index contributed by atoms with van der Waals surface area (Å²) in [6.07, 6.45) is 2.66. The van der Waals surface area contributed by atoms with Crippen LogP contribution in [-0.2, 0) is 26.1 Å². The highest BCUT2D eigenvalue weighted by Gasteiger charge is 2.47. The monoisotopic (exact) mass is 378 g/mol. The second-order valence-electron chi connectivity index (χ2n) is 7.53. The number of fused-ring (bicyclic) bond motifs is 1. The van der Waals surface area contributed by atoms with Gasteiger partial charge in [-0.2, -0.15) is 4.31 Å². The first kappa shape index (κ1) is 17.9. The molecule has 0 radical (unpaired) electrons. The summed E-state index contributed by atoms with van der Waals surface area (Å²) in [6, 6.07) is 9.73. The average Bonchev–Trinajstić information content (AvgIpc) is 3.18. The summed E-state index contributed by atoms with van der Waals surface area (Å²) >= 11 is 0. The van der Waals surface area contributed by atoms with Crippen molar-refractivity contribution < 1.29 is 17.9 Å². The zero-order valence-electron chi connectivity index (χ0n) is 14.9. The summed E-state index contributed by atoms with van der Waals surface area (Å²) in [5, 5.41) is -0.367. The predicted molar refractivity (Wildman–Crippen MR) is 97.8 cm³/mol. The van der Waals surface area contributed by atoms with Gasteiger partial charge in [-0.05, 0) is 37.2 Å². The molecule has 3 heterocycles. The largest absolute Gasteiger partial charge is 0.368 e. The Hall–Kier alpha value is -1.44. The highest BCUT2D eigenvalue weighted by Crippen LogP contribution is 2.35. The van der Waals surface area contributed by atoms with E-state index in [1.54, 1.807) is 4.31 Å². The smallest absolute Gasteiger partial charge is 0.251 e. The molecule has 0 aromatic heterocycles. The lowest BCUT2D eigenvalue weighted by atomic mass is 10.0. The number of likely N-dealkylation sites (tertiary alicyclic amines) is 1. The molecule has 142 valence electrons. The SMILES string of the molecule is O=C([C@@H]1CCCO1)N1CC[C@@H]2CN(Cc3ccccc3)S(=O)(=O)[C@@H]2CC1. The molecule has 1 aromatic carbocycles. The van der Waals surface area contributed by atoms with Crippen molar-refractivity contribution in [3.63, 3.8) is 0 Å². The van der Waals surface area contributed by atoms with Crippen LogP contribution >= 0.6 is 0 Å². The van der Waals surface area contributed by atoms with Crippen LogP contribution in [0, 0.1) is 5.92 Å². The first-order valence-electron chi connectivity index (χ1n) is 9.49. The van der Waals surface area contributed by atoms with Gasteiger partial charge in [-0.3, -0.25) is 4.79 Å². The van der Waals surface area contributed by atoms with E-state index in [0.29, 0.717) is 39.2 Å². The molecule has 0 aliphatic carbocycles. The van der Waals surface area contributed by atoms with Crippen LogP contribution in [0.3, 0.4) is 0 Å². The summed E-state index contributed by atoms with van der Waals surface area (Å²) in [6.45, 7) is 2.80. The topological polar surface area (TPSA) is 66.9 Å². The Balaban J connectivity index is 1.43. The van der Waals surface area contributed by atoms with Crippen LogP contribution in [0.5, 0.6) is 0 Å². The van der Waals surface area contributed by atoms with Crippen LogP contribution in [0.2, 0.25) is 0 Å². The van der Waals surface area contributed by atoms with E-state index in [0.717, 1.165) is 24.8 Å². The Morgan fingerprint density at radius 2 is 1.88 bits per heavy atom. The summed E-state index contributed by atoms with van der Waals surface area (Å²) in [5.74, 6) is 0.145. The molecule has 3 saturated heterocycles. The first-order valence-corrected chi connectivity index (χ1v) is 11.0. The molecule has 0 N–H and O–H groups in total. The van der Waals surface area contributed by atoms with Crippen LogP contribution in [0.4, 0.5) is 0 Å². The fraction of sp³-hybridized carbons (Fsp3) is 0.632. The maximum Gasteiger partial charge on any atom is 0.251 e. The van der Waals surface area contributed by atoms with E-state index >= 15 is 0 Å². The molecule has 0 bridgehead atoms. The van der Waals surface area contributed by atoms with Crippen molar-refractivity contribution in [1.82, 2.24) is 9.21 Å². The molecule has 3 aliphatic heterocycles. The number of hydrogen-bond acceptors (Lipinski definition) is 4. The molecule has 3 atom stereocenters. The van der Waals surface area contributed by atoms with Gasteiger partial charge in [0.1, 0.15) is 6.10 Å². The summed E-state index contributed by atoms with van der Waals surface area (Å²) in [7, 11) is -3.31. The Morgan fingerprint density at radius 3 is 2.62 bits per heavy atom. The molecular formula is C19H26N2O4S. The van der Waals surface area contributed by atoms with Gasteiger partial charge in [0.2, 0.25) is 10.0 Å². The molecule has 7 heteroatoms. The van der Waals surface area contributed by atoms with Crippen molar-refractivity contribution in [2.45, 2.75) is 43.6 Å². The molecule has 1 aromatic rings. The highest BCUT2D eigenvalue weighted by molar-refractivity contribution is 7.90. The van der Waals surface area contributed by atoms with E-state index in [9.17, 15) is 13.2 Å². The van der Waals surface area contributed by atoms with Gasteiger partial charge in [0.25, 0.3) is 5.91 Å². The minimum Gasteiger partial charge on any atom is -0.368 e. The van der Waals surface area contributed by atoms with Crippen LogP contribution in [0.15, 0.2) is 30.3 Å². The molecular weight excluding hydrogens is 352 g/mol. The van der Waals surface area contributed by atoms with Crippen molar-refractivity contribution in [2.24, 2.45) is 5.92 Å². The van der Waals surface area contributed by atoms with E-state index in [2.05, 4.69) is 0 Å². The summed E-state index contributed by atoms with van der Waals surface area (Å²) in [5.41, 5.74) is 1.02. The van der Waals surface area contributed by atoms with E-state index in [1.807, 2.05) is 35.2 Å². The molecule has 26 heavy (non-hydrogen) atoms. The normalized spacial score (nSPS) is 31.5.